The minimum atomic E-state index is 0.528. The normalized spacial score (nSPS) is 14.3. The van der Waals surface area contributed by atoms with Crippen molar-refractivity contribution in [1.29, 1.82) is 0 Å². The fraction of sp³-hybridized carbons (Fsp3) is 0.138. The molecule has 5 aromatic rings. The lowest BCUT2D eigenvalue weighted by atomic mass is 10.1. The molecule has 3 aromatic carbocycles. The topological polar surface area (TPSA) is 81.4 Å². The fourth-order valence-corrected chi connectivity index (χ4v) is 4.45. The molecule has 1 aliphatic rings. The summed E-state index contributed by atoms with van der Waals surface area (Å²) < 4.78 is 9.01. The summed E-state index contributed by atoms with van der Waals surface area (Å²) in [6, 6.07) is 25.9. The summed E-state index contributed by atoms with van der Waals surface area (Å²) in [6.45, 7) is 4.02. The van der Waals surface area contributed by atoms with E-state index in [4.69, 9.17) is 29.9 Å². The lowest BCUT2D eigenvalue weighted by Gasteiger charge is -2.04. The number of methoxy groups -OCH3 is 1. The average Bonchev–Trinajstić information content (AvgIpc) is 3.58. The fourth-order valence-electron chi connectivity index (χ4n) is 4.45. The number of benzene rings is 3. The molecule has 37 heavy (non-hydrogen) atoms. The number of fused-ring (bicyclic) bond motifs is 1. The second-order valence-electron chi connectivity index (χ2n) is 8.91. The molecule has 8 nitrogen and oxygen atoms in total. The van der Waals surface area contributed by atoms with Gasteiger partial charge in [-0.1, -0.05) is 54.1 Å². The van der Waals surface area contributed by atoms with E-state index in [9.17, 15) is 0 Å². The van der Waals surface area contributed by atoms with E-state index in [-0.39, 0.29) is 0 Å². The van der Waals surface area contributed by atoms with Crippen molar-refractivity contribution in [2.45, 2.75) is 13.8 Å². The van der Waals surface area contributed by atoms with Crippen LogP contribution < -0.4 is 4.74 Å². The highest BCUT2D eigenvalue weighted by Crippen LogP contribution is 2.30. The lowest BCUT2D eigenvalue weighted by molar-refractivity contribution is 0.415. The van der Waals surface area contributed by atoms with Crippen molar-refractivity contribution in [1.82, 2.24) is 19.4 Å². The Morgan fingerprint density at radius 3 is 2.27 bits per heavy atom. The number of hydrogen-bond acceptors (Lipinski definition) is 5. The summed E-state index contributed by atoms with van der Waals surface area (Å²) in [5, 5.41) is 9.57. The number of hydrogen-bond donors (Lipinski definition) is 0. The van der Waals surface area contributed by atoms with E-state index in [0.717, 1.165) is 45.2 Å². The highest BCUT2D eigenvalue weighted by atomic mass is 16.5. The van der Waals surface area contributed by atoms with Crippen LogP contribution in [0.5, 0.6) is 5.75 Å². The van der Waals surface area contributed by atoms with Gasteiger partial charge in [-0.2, -0.15) is 14.7 Å². The molecular formula is C29H25N7O. The molecule has 0 fully saturated rings. The van der Waals surface area contributed by atoms with Gasteiger partial charge in [-0.3, -0.25) is 0 Å². The standard InChI is InChI=1S/C29H25N7O/c1-18-9-8-12-22(17-18)28-34-35(3)29-24(19(2)33-36(28)29)30-27-25(20-13-15-23(37-4)16-14-20)31-26(32-27)21-10-6-5-7-11-21/h5-17H,1-4H3. The number of aryl methyl sites for hydroxylation is 3. The van der Waals surface area contributed by atoms with Gasteiger partial charge in [-0.15, -0.1) is 0 Å². The van der Waals surface area contributed by atoms with Crippen molar-refractivity contribution in [2.24, 2.45) is 22.0 Å². The molecule has 0 atom stereocenters. The summed E-state index contributed by atoms with van der Waals surface area (Å²) in [5.41, 5.74) is 6.97. The van der Waals surface area contributed by atoms with Crippen LogP contribution in [-0.4, -0.2) is 43.9 Å². The van der Waals surface area contributed by atoms with E-state index in [1.165, 1.54) is 0 Å². The van der Waals surface area contributed by atoms with Gasteiger partial charge < -0.3 is 4.74 Å². The first-order valence-electron chi connectivity index (χ1n) is 12.0. The maximum atomic E-state index is 5.34. The number of nitrogens with zero attached hydrogens (tertiary/aromatic N) is 7. The summed E-state index contributed by atoms with van der Waals surface area (Å²) in [5.74, 6) is 2.69. The Bertz CT molecular complexity index is 1720. The van der Waals surface area contributed by atoms with Crippen LogP contribution >= 0.6 is 0 Å². The van der Waals surface area contributed by atoms with Gasteiger partial charge in [0.1, 0.15) is 17.1 Å². The molecule has 6 rings (SSSR count). The van der Waals surface area contributed by atoms with Crippen molar-refractivity contribution in [3.05, 3.63) is 101 Å². The second kappa shape index (κ2) is 8.98. The quantitative estimate of drug-likeness (QED) is 0.336. The molecule has 0 N–H and O–H groups in total. The number of amidine groups is 2. The van der Waals surface area contributed by atoms with Crippen LogP contribution in [0.4, 0.5) is 5.69 Å². The second-order valence-corrected chi connectivity index (χ2v) is 8.91. The predicted molar refractivity (Wildman–Crippen MR) is 146 cm³/mol. The smallest absolute Gasteiger partial charge is 0.183 e. The number of rotatable bonds is 5. The van der Waals surface area contributed by atoms with Gasteiger partial charge in [0, 0.05) is 23.7 Å². The zero-order chi connectivity index (χ0) is 25.5. The van der Waals surface area contributed by atoms with Gasteiger partial charge in [-0.25, -0.2) is 19.7 Å². The Hall–Kier alpha value is -4.85. The summed E-state index contributed by atoms with van der Waals surface area (Å²) in [7, 11) is 3.56. The Kier molecular flexibility index (Phi) is 5.49. The Morgan fingerprint density at radius 1 is 0.784 bits per heavy atom. The van der Waals surface area contributed by atoms with Crippen LogP contribution in [0.3, 0.4) is 0 Å². The van der Waals surface area contributed by atoms with Gasteiger partial charge in [0.25, 0.3) is 0 Å². The van der Waals surface area contributed by atoms with Gasteiger partial charge in [0.05, 0.1) is 12.8 Å². The van der Waals surface area contributed by atoms with Crippen LogP contribution in [0.15, 0.2) is 93.8 Å². The van der Waals surface area contributed by atoms with Crippen LogP contribution in [-0.2, 0) is 7.05 Å². The lowest BCUT2D eigenvalue weighted by Crippen LogP contribution is -2.09. The third-order valence-electron chi connectivity index (χ3n) is 6.29. The summed E-state index contributed by atoms with van der Waals surface area (Å²) >= 11 is 0. The summed E-state index contributed by atoms with van der Waals surface area (Å²) in [4.78, 5) is 14.8. The molecule has 0 saturated carbocycles. The van der Waals surface area contributed by atoms with E-state index < -0.39 is 0 Å². The van der Waals surface area contributed by atoms with Crippen molar-refractivity contribution >= 4 is 28.7 Å². The zero-order valence-corrected chi connectivity index (χ0v) is 21.0. The van der Waals surface area contributed by atoms with Crippen molar-refractivity contribution in [3.63, 3.8) is 0 Å². The summed E-state index contributed by atoms with van der Waals surface area (Å²) in [6.07, 6.45) is 0. The zero-order valence-electron chi connectivity index (χ0n) is 21.0. The molecule has 0 unspecified atom stereocenters. The van der Waals surface area contributed by atoms with E-state index >= 15 is 0 Å². The first kappa shape index (κ1) is 22.6. The number of aromatic nitrogens is 4. The van der Waals surface area contributed by atoms with E-state index in [0.29, 0.717) is 23.1 Å². The Balaban J connectivity index is 1.51. The molecule has 0 saturated heterocycles. The third kappa shape index (κ3) is 4.02. The van der Waals surface area contributed by atoms with E-state index in [2.05, 4.69) is 19.1 Å². The maximum Gasteiger partial charge on any atom is 0.183 e. The maximum absolute atomic E-state index is 5.34. The minimum Gasteiger partial charge on any atom is -0.497 e. The molecular weight excluding hydrogens is 462 g/mol. The number of aliphatic imine (C=N–C) groups is 3. The molecule has 2 aromatic heterocycles. The highest BCUT2D eigenvalue weighted by Gasteiger charge is 2.24. The molecule has 3 heterocycles. The molecule has 8 heteroatoms. The SMILES string of the molecule is COc1ccc(C2=NC(c3ccccc3)=NC2=Nc2c(C)nn3c(-c4cccc(C)c4)nn(C)c23)cc1. The molecule has 0 bridgehead atoms. The first-order chi connectivity index (χ1) is 18.0. The average molecular weight is 488 g/mol. The Morgan fingerprint density at radius 2 is 1.54 bits per heavy atom. The van der Waals surface area contributed by atoms with E-state index in [1.54, 1.807) is 7.11 Å². The van der Waals surface area contributed by atoms with Crippen molar-refractivity contribution in [2.75, 3.05) is 7.11 Å². The first-order valence-corrected chi connectivity index (χ1v) is 12.0. The van der Waals surface area contributed by atoms with Crippen LogP contribution in [0.1, 0.15) is 22.4 Å². The highest BCUT2D eigenvalue weighted by molar-refractivity contribution is 6.54. The Labute approximate surface area is 214 Å². The van der Waals surface area contributed by atoms with Crippen LogP contribution in [0.25, 0.3) is 17.0 Å². The van der Waals surface area contributed by atoms with Crippen LogP contribution in [0, 0.1) is 13.8 Å². The molecule has 0 amide bonds. The molecule has 182 valence electrons. The molecule has 0 radical (unpaired) electrons. The minimum absolute atomic E-state index is 0.528. The number of ether oxygens (including phenoxy) is 1. The van der Waals surface area contributed by atoms with Crippen LogP contribution in [0.2, 0.25) is 0 Å². The van der Waals surface area contributed by atoms with Gasteiger partial charge in [-0.05, 0) is 44.2 Å². The molecule has 1 aliphatic heterocycles. The predicted octanol–water partition coefficient (Wildman–Crippen LogP) is 5.34. The van der Waals surface area contributed by atoms with Crippen molar-refractivity contribution in [3.8, 4) is 17.1 Å². The molecule has 0 spiro atoms. The monoisotopic (exact) mass is 487 g/mol. The van der Waals surface area contributed by atoms with Crippen molar-refractivity contribution < 1.29 is 4.74 Å². The van der Waals surface area contributed by atoms with E-state index in [1.807, 2.05) is 89.9 Å². The largest absolute Gasteiger partial charge is 0.497 e. The molecule has 0 aliphatic carbocycles. The third-order valence-corrected chi connectivity index (χ3v) is 6.29. The van der Waals surface area contributed by atoms with Gasteiger partial charge in [0.2, 0.25) is 0 Å². The van der Waals surface area contributed by atoms with Gasteiger partial charge in [0.15, 0.2) is 23.1 Å². The van der Waals surface area contributed by atoms with Gasteiger partial charge >= 0.3 is 0 Å².